The summed E-state index contributed by atoms with van der Waals surface area (Å²) in [5, 5.41) is 3.27. The van der Waals surface area contributed by atoms with Crippen molar-refractivity contribution >= 4 is 11.3 Å². The Labute approximate surface area is 164 Å². The van der Waals surface area contributed by atoms with Crippen LogP contribution < -0.4 is 5.32 Å². The molecule has 0 saturated heterocycles. The minimum Gasteiger partial charge on any atom is -0.391 e. The summed E-state index contributed by atoms with van der Waals surface area (Å²) in [5.74, 6) is 0.342. The Morgan fingerprint density at radius 1 is 1.15 bits per heavy atom. The first-order chi connectivity index (χ1) is 13.0. The van der Waals surface area contributed by atoms with Crippen molar-refractivity contribution in [3.05, 3.63) is 90.1 Å². The number of hydrogen-bond donors (Lipinski definition) is 1. The van der Waals surface area contributed by atoms with Gasteiger partial charge in [-0.15, -0.1) is 0 Å². The Kier molecular flexibility index (Phi) is 8.06. The minimum atomic E-state index is 0.123. The number of nitrogens with zero attached hydrogens (tertiary/aromatic N) is 1. The van der Waals surface area contributed by atoms with Crippen molar-refractivity contribution in [3.8, 4) is 0 Å². The molecule has 2 unspecified atom stereocenters. The number of nitrogens with one attached hydrogen (secondary N) is 1. The van der Waals surface area contributed by atoms with E-state index in [1.807, 2.05) is 0 Å². The molecule has 0 aliphatic carbocycles. The van der Waals surface area contributed by atoms with Crippen molar-refractivity contribution in [1.82, 2.24) is 5.32 Å². The molecule has 27 heavy (non-hydrogen) atoms. The summed E-state index contributed by atoms with van der Waals surface area (Å²) in [5.41, 5.74) is 6.14. The maximum absolute atomic E-state index is 5.14. The molecule has 142 valence electrons. The maximum atomic E-state index is 5.14. The summed E-state index contributed by atoms with van der Waals surface area (Å²) in [6, 6.07) is 19.3. The van der Waals surface area contributed by atoms with Gasteiger partial charge in [0.05, 0.1) is 6.04 Å². The maximum Gasteiger partial charge on any atom is 0.0724 e. The highest BCUT2D eigenvalue weighted by Gasteiger charge is 2.15. The molecule has 0 heterocycles. The highest BCUT2D eigenvalue weighted by molar-refractivity contribution is 6.02. The molecule has 2 atom stereocenters. The van der Waals surface area contributed by atoms with Gasteiger partial charge in [-0.05, 0) is 56.2 Å². The van der Waals surface area contributed by atoms with E-state index in [1.165, 1.54) is 22.3 Å². The van der Waals surface area contributed by atoms with E-state index in [1.54, 1.807) is 6.20 Å². The van der Waals surface area contributed by atoms with E-state index in [0.717, 1.165) is 18.7 Å². The zero-order valence-corrected chi connectivity index (χ0v) is 17.1. The lowest BCUT2D eigenvalue weighted by Crippen LogP contribution is -2.24. The molecule has 2 aromatic rings. The Morgan fingerprint density at radius 2 is 1.89 bits per heavy atom. The van der Waals surface area contributed by atoms with Gasteiger partial charge in [-0.25, -0.2) is 0 Å². The second-order valence-electron chi connectivity index (χ2n) is 7.05. The van der Waals surface area contributed by atoms with Gasteiger partial charge < -0.3 is 5.32 Å². The molecule has 0 saturated carbocycles. The van der Waals surface area contributed by atoms with E-state index in [4.69, 9.17) is 4.99 Å². The van der Waals surface area contributed by atoms with Crippen molar-refractivity contribution in [2.75, 3.05) is 6.54 Å². The Hall–Kier alpha value is -2.61. The summed E-state index contributed by atoms with van der Waals surface area (Å²) < 4.78 is 0. The van der Waals surface area contributed by atoms with Crippen LogP contribution >= 0.6 is 0 Å². The van der Waals surface area contributed by atoms with Crippen LogP contribution in [0.5, 0.6) is 0 Å². The predicted molar refractivity (Wildman–Crippen MR) is 119 cm³/mol. The van der Waals surface area contributed by atoms with E-state index in [9.17, 15) is 0 Å². The van der Waals surface area contributed by atoms with Gasteiger partial charge in [0.25, 0.3) is 0 Å². The van der Waals surface area contributed by atoms with Gasteiger partial charge in [-0.1, -0.05) is 73.7 Å². The van der Waals surface area contributed by atoms with Gasteiger partial charge in [0, 0.05) is 18.2 Å². The van der Waals surface area contributed by atoms with E-state index >= 15 is 0 Å². The molecule has 0 amide bonds. The third-order valence-corrected chi connectivity index (χ3v) is 4.88. The highest BCUT2D eigenvalue weighted by atomic mass is 14.9. The quantitative estimate of drug-likeness (QED) is 0.517. The zero-order valence-electron chi connectivity index (χ0n) is 17.1. The van der Waals surface area contributed by atoms with Gasteiger partial charge in [0.2, 0.25) is 0 Å². The number of hydrogen-bond acceptors (Lipinski definition) is 2. The molecule has 0 radical (unpaired) electrons. The zero-order chi connectivity index (χ0) is 19.6. The van der Waals surface area contributed by atoms with Crippen LogP contribution in [0.3, 0.4) is 0 Å². The van der Waals surface area contributed by atoms with E-state index in [-0.39, 0.29) is 6.04 Å². The first-order valence-corrected chi connectivity index (χ1v) is 9.77. The summed E-state index contributed by atoms with van der Waals surface area (Å²) in [7, 11) is 0. The molecule has 0 aromatic heterocycles. The summed E-state index contributed by atoms with van der Waals surface area (Å²) >= 11 is 0. The molecule has 2 rings (SSSR count). The highest BCUT2D eigenvalue weighted by Crippen LogP contribution is 2.22. The third kappa shape index (κ3) is 6.25. The SMILES string of the molecule is C=CNCC(CC)C(/C=C(\C)c1ccccc1)=N/C(C)c1cccc(C)c1. The second-order valence-corrected chi connectivity index (χ2v) is 7.05. The van der Waals surface area contributed by atoms with Crippen LogP contribution in [0, 0.1) is 12.8 Å². The fourth-order valence-corrected chi connectivity index (χ4v) is 3.18. The van der Waals surface area contributed by atoms with Crippen molar-refractivity contribution in [1.29, 1.82) is 0 Å². The number of aliphatic imine (C=N–C) groups is 1. The van der Waals surface area contributed by atoms with Gasteiger partial charge in [0.15, 0.2) is 0 Å². The summed E-state index contributed by atoms with van der Waals surface area (Å²) in [6.45, 7) is 13.3. The van der Waals surface area contributed by atoms with Crippen LogP contribution in [0.25, 0.3) is 5.57 Å². The number of allylic oxidation sites excluding steroid dienone is 2. The van der Waals surface area contributed by atoms with Crippen LogP contribution in [0.4, 0.5) is 0 Å². The van der Waals surface area contributed by atoms with Crippen LogP contribution in [0.15, 0.2) is 78.4 Å². The number of benzene rings is 2. The van der Waals surface area contributed by atoms with Crippen LogP contribution in [0.1, 0.15) is 49.9 Å². The molecule has 0 fully saturated rings. The monoisotopic (exact) mass is 360 g/mol. The molecule has 0 aliphatic heterocycles. The molecule has 2 aromatic carbocycles. The van der Waals surface area contributed by atoms with Crippen molar-refractivity contribution in [2.45, 2.75) is 40.2 Å². The molecule has 1 N–H and O–H groups in total. The van der Waals surface area contributed by atoms with Gasteiger partial charge in [-0.3, -0.25) is 4.99 Å². The van der Waals surface area contributed by atoms with Crippen LogP contribution in [0.2, 0.25) is 0 Å². The average Bonchev–Trinajstić information content (AvgIpc) is 2.69. The smallest absolute Gasteiger partial charge is 0.0724 e. The standard InChI is InChI=1S/C25H32N2/c1-6-22(18-26-7-2)25(17-20(4)23-13-9-8-10-14-23)27-21(5)24-15-11-12-19(3)16-24/h7-17,21-22,26H,2,6,18H2,1,3-5H3/b20-17+,27-25+. The third-order valence-electron chi connectivity index (χ3n) is 4.88. The normalized spacial score (nSPS) is 14.5. The molecule has 0 bridgehead atoms. The van der Waals surface area contributed by atoms with E-state index < -0.39 is 0 Å². The topological polar surface area (TPSA) is 24.4 Å². The molecule has 2 nitrogen and oxygen atoms in total. The Morgan fingerprint density at radius 3 is 2.52 bits per heavy atom. The fourth-order valence-electron chi connectivity index (χ4n) is 3.18. The fraction of sp³-hybridized carbons (Fsp3) is 0.320. The van der Waals surface area contributed by atoms with Crippen LogP contribution in [-0.2, 0) is 0 Å². The van der Waals surface area contributed by atoms with Crippen LogP contribution in [-0.4, -0.2) is 12.3 Å². The lowest BCUT2D eigenvalue weighted by Gasteiger charge is -2.19. The summed E-state index contributed by atoms with van der Waals surface area (Å²) in [4.78, 5) is 5.14. The average molecular weight is 361 g/mol. The minimum absolute atomic E-state index is 0.123. The van der Waals surface area contributed by atoms with Crippen molar-refractivity contribution < 1.29 is 0 Å². The Bertz CT molecular complexity index is 787. The summed E-state index contributed by atoms with van der Waals surface area (Å²) in [6.07, 6.45) is 5.04. The van der Waals surface area contributed by atoms with Gasteiger partial charge in [-0.2, -0.15) is 0 Å². The number of aryl methyl sites for hydroxylation is 1. The lowest BCUT2D eigenvalue weighted by molar-refractivity contribution is 0.622. The predicted octanol–water partition coefficient (Wildman–Crippen LogP) is 6.36. The second kappa shape index (κ2) is 10.5. The largest absolute Gasteiger partial charge is 0.391 e. The lowest BCUT2D eigenvalue weighted by atomic mass is 9.95. The van der Waals surface area contributed by atoms with Crippen molar-refractivity contribution in [3.63, 3.8) is 0 Å². The molecule has 0 aliphatic rings. The molecular weight excluding hydrogens is 328 g/mol. The molecular formula is C25H32N2. The first-order valence-electron chi connectivity index (χ1n) is 9.77. The molecule has 2 heteroatoms. The molecule has 0 spiro atoms. The first kappa shape index (κ1) is 20.7. The van der Waals surface area contributed by atoms with E-state index in [2.05, 4.69) is 100 Å². The van der Waals surface area contributed by atoms with Gasteiger partial charge >= 0.3 is 0 Å². The van der Waals surface area contributed by atoms with E-state index in [0.29, 0.717) is 5.92 Å². The van der Waals surface area contributed by atoms with Crippen molar-refractivity contribution in [2.24, 2.45) is 10.9 Å². The Balaban J connectivity index is 2.40. The number of rotatable bonds is 9. The van der Waals surface area contributed by atoms with Gasteiger partial charge in [0.1, 0.15) is 0 Å².